The number of nitrogens with zero attached hydrogens (tertiary/aromatic N) is 1. The summed E-state index contributed by atoms with van der Waals surface area (Å²) in [4.78, 5) is 4.31. The molecule has 6 heteroatoms. The van der Waals surface area contributed by atoms with Crippen LogP contribution in [0.3, 0.4) is 0 Å². The second kappa shape index (κ2) is 11.0. The van der Waals surface area contributed by atoms with Crippen LogP contribution in [-0.4, -0.2) is 46.4 Å². The monoisotopic (exact) mass is 365 g/mol. The van der Waals surface area contributed by atoms with Gasteiger partial charge in [-0.1, -0.05) is 12.8 Å². The average molecular weight is 365 g/mol. The number of hydrogen-bond donors (Lipinski definition) is 2. The quantitative estimate of drug-likeness (QED) is 0.379. The fourth-order valence-electron chi connectivity index (χ4n) is 3.45. The molecule has 0 bridgehead atoms. The number of guanidine groups is 1. The van der Waals surface area contributed by atoms with Gasteiger partial charge in [0.2, 0.25) is 0 Å². The molecule has 0 atom stereocenters. The topological polar surface area (TPSA) is 54.9 Å². The molecule has 2 rings (SSSR count). The fraction of sp³-hybridized carbons (Fsp3) is 0.650. The van der Waals surface area contributed by atoms with Crippen LogP contribution in [0.4, 0.5) is 4.39 Å². The number of halogens is 1. The van der Waals surface area contributed by atoms with Gasteiger partial charge in [0.05, 0.1) is 6.61 Å². The van der Waals surface area contributed by atoms with Crippen LogP contribution >= 0.6 is 0 Å². The summed E-state index contributed by atoms with van der Waals surface area (Å²) in [6.07, 6.45) is 7.06. The molecule has 0 saturated heterocycles. The predicted molar refractivity (Wildman–Crippen MR) is 103 cm³/mol. The minimum absolute atomic E-state index is 0.251. The van der Waals surface area contributed by atoms with Crippen LogP contribution in [0.5, 0.6) is 5.75 Å². The summed E-state index contributed by atoms with van der Waals surface area (Å²) in [7, 11) is 3.56. The minimum Gasteiger partial charge on any atom is -0.494 e. The van der Waals surface area contributed by atoms with Crippen LogP contribution in [0, 0.1) is 11.2 Å². The third kappa shape index (κ3) is 6.83. The van der Waals surface area contributed by atoms with E-state index in [1.807, 2.05) is 0 Å². The lowest BCUT2D eigenvalue weighted by molar-refractivity contribution is 0.138. The normalized spacial score (nSPS) is 16.5. The number of rotatable bonds is 10. The van der Waals surface area contributed by atoms with Crippen LogP contribution in [0.1, 0.15) is 38.5 Å². The molecule has 1 aromatic rings. The van der Waals surface area contributed by atoms with Gasteiger partial charge < -0.3 is 20.1 Å². The van der Waals surface area contributed by atoms with Crippen molar-refractivity contribution in [3.05, 3.63) is 30.1 Å². The van der Waals surface area contributed by atoms with Crippen molar-refractivity contribution in [2.75, 3.05) is 40.5 Å². The molecule has 1 aromatic carbocycles. The minimum atomic E-state index is -0.251. The molecule has 0 spiro atoms. The first kappa shape index (κ1) is 20.5. The van der Waals surface area contributed by atoms with E-state index in [-0.39, 0.29) is 5.82 Å². The zero-order chi connectivity index (χ0) is 18.7. The van der Waals surface area contributed by atoms with E-state index in [0.29, 0.717) is 17.8 Å². The largest absolute Gasteiger partial charge is 0.494 e. The van der Waals surface area contributed by atoms with Gasteiger partial charge in [-0.15, -0.1) is 0 Å². The maximum atomic E-state index is 12.8. The Kier molecular flexibility index (Phi) is 8.68. The summed E-state index contributed by atoms with van der Waals surface area (Å²) < 4.78 is 23.7. The number of nitrogens with one attached hydrogen (secondary N) is 2. The molecule has 0 unspecified atom stereocenters. The van der Waals surface area contributed by atoms with Crippen LogP contribution in [-0.2, 0) is 4.74 Å². The summed E-state index contributed by atoms with van der Waals surface area (Å²) in [6.45, 7) is 3.09. The molecule has 5 nitrogen and oxygen atoms in total. The molecule has 146 valence electrons. The van der Waals surface area contributed by atoms with Gasteiger partial charge in [-0.25, -0.2) is 4.39 Å². The van der Waals surface area contributed by atoms with Gasteiger partial charge in [-0.2, -0.15) is 0 Å². The molecule has 0 amide bonds. The maximum Gasteiger partial charge on any atom is 0.190 e. The zero-order valence-electron chi connectivity index (χ0n) is 16.0. The summed E-state index contributed by atoms with van der Waals surface area (Å²) in [5.41, 5.74) is 0.333. The Morgan fingerprint density at radius 3 is 2.54 bits per heavy atom. The molecule has 26 heavy (non-hydrogen) atoms. The SMILES string of the molecule is CN=C(NCCCOc1ccc(F)cc1)NCC1(CCOC)CCCC1. The summed E-state index contributed by atoms with van der Waals surface area (Å²) in [5.74, 6) is 1.27. The smallest absolute Gasteiger partial charge is 0.190 e. The van der Waals surface area contributed by atoms with Crippen molar-refractivity contribution < 1.29 is 13.9 Å². The Balaban J connectivity index is 1.64. The first-order valence-electron chi connectivity index (χ1n) is 9.49. The highest BCUT2D eigenvalue weighted by Crippen LogP contribution is 2.40. The predicted octanol–water partition coefficient (Wildman–Crippen LogP) is 3.36. The van der Waals surface area contributed by atoms with Crippen molar-refractivity contribution in [1.29, 1.82) is 0 Å². The molecular weight excluding hydrogens is 333 g/mol. The number of hydrogen-bond acceptors (Lipinski definition) is 3. The summed E-state index contributed by atoms with van der Waals surface area (Å²) in [6, 6.07) is 6.10. The van der Waals surface area contributed by atoms with Crippen LogP contribution in [0.2, 0.25) is 0 Å². The third-order valence-electron chi connectivity index (χ3n) is 5.05. The molecule has 1 saturated carbocycles. The van der Waals surface area contributed by atoms with Crippen LogP contribution in [0.25, 0.3) is 0 Å². The molecular formula is C20H32FN3O2. The van der Waals surface area contributed by atoms with Crippen molar-refractivity contribution in [2.24, 2.45) is 10.4 Å². The first-order chi connectivity index (χ1) is 12.7. The Hall–Kier alpha value is -1.82. The molecule has 1 aliphatic carbocycles. The van der Waals surface area contributed by atoms with E-state index in [2.05, 4.69) is 15.6 Å². The van der Waals surface area contributed by atoms with Crippen molar-refractivity contribution in [3.63, 3.8) is 0 Å². The molecule has 1 fully saturated rings. The Labute approximate surface area is 156 Å². The Morgan fingerprint density at radius 2 is 1.88 bits per heavy atom. The number of methoxy groups -OCH3 is 1. The van der Waals surface area contributed by atoms with Gasteiger partial charge in [0.25, 0.3) is 0 Å². The van der Waals surface area contributed by atoms with E-state index >= 15 is 0 Å². The molecule has 0 aromatic heterocycles. The summed E-state index contributed by atoms with van der Waals surface area (Å²) >= 11 is 0. The fourth-order valence-corrected chi connectivity index (χ4v) is 3.45. The van der Waals surface area contributed by atoms with E-state index in [4.69, 9.17) is 9.47 Å². The molecule has 0 heterocycles. The Bertz CT molecular complexity index is 542. The first-order valence-corrected chi connectivity index (χ1v) is 9.49. The van der Waals surface area contributed by atoms with Crippen molar-refractivity contribution in [1.82, 2.24) is 10.6 Å². The number of aliphatic imine (C=N–C) groups is 1. The maximum absolute atomic E-state index is 12.8. The zero-order valence-corrected chi connectivity index (χ0v) is 16.0. The van der Waals surface area contributed by atoms with E-state index < -0.39 is 0 Å². The molecule has 1 aliphatic rings. The molecule has 0 radical (unpaired) electrons. The standard InChI is InChI=1S/C20H32FN3O2/c1-22-19(24-16-20(12-15-25-2)10-3-4-11-20)23-13-5-14-26-18-8-6-17(21)7-9-18/h6-9H,3-5,10-16H2,1-2H3,(H2,22,23,24). The van der Waals surface area contributed by atoms with Gasteiger partial charge >= 0.3 is 0 Å². The second-order valence-electron chi connectivity index (χ2n) is 6.96. The van der Waals surface area contributed by atoms with Crippen LogP contribution in [0.15, 0.2) is 29.3 Å². The highest BCUT2D eigenvalue weighted by Gasteiger charge is 2.33. The number of ether oxygens (including phenoxy) is 2. The third-order valence-corrected chi connectivity index (χ3v) is 5.05. The van der Waals surface area contributed by atoms with Crippen LogP contribution < -0.4 is 15.4 Å². The lowest BCUT2D eigenvalue weighted by atomic mass is 9.83. The lowest BCUT2D eigenvalue weighted by Crippen LogP contribution is -2.43. The average Bonchev–Trinajstić information content (AvgIpc) is 3.13. The van der Waals surface area contributed by atoms with E-state index in [0.717, 1.165) is 38.5 Å². The van der Waals surface area contributed by atoms with Crippen molar-refractivity contribution in [3.8, 4) is 5.75 Å². The van der Waals surface area contributed by atoms with Gasteiger partial charge in [-0.05, 0) is 55.4 Å². The lowest BCUT2D eigenvalue weighted by Gasteiger charge is -2.30. The van der Waals surface area contributed by atoms with Gasteiger partial charge in [-0.3, -0.25) is 4.99 Å². The van der Waals surface area contributed by atoms with Gasteiger partial charge in [0.15, 0.2) is 5.96 Å². The Morgan fingerprint density at radius 1 is 1.15 bits per heavy atom. The van der Waals surface area contributed by atoms with E-state index in [1.165, 1.54) is 37.8 Å². The number of benzene rings is 1. The van der Waals surface area contributed by atoms with E-state index in [1.54, 1.807) is 26.3 Å². The van der Waals surface area contributed by atoms with Gasteiger partial charge in [0, 0.05) is 33.9 Å². The highest BCUT2D eigenvalue weighted by molar-refractivity contribution is 5.79. The molecule has 2 N–H and O–H groups in total. The van der Waals surface area contributed by atoms with E-state index in [9.17, 15) is 4.39 Å². The molecule has 0 aliphatic heterocycles. The second-order valence-corrected chi connectivity index (χ2v) is 6.96. The van der Waals surface area contributed by atoms with Crippen molar-refractivity contribution >= 4 is 5.96 Å². The van der Waals surface area contributed by atoms with Crippen molar-refractivity contribution in [2.45, 2.75) is 38.5 Å². The highest BCUT2D eigenvalue weighted by atomic mass is 19.1. The van der Waals surface area contributed by atoms with Gasteiger partial charge in [0.1, 0.15) is 11.6 Å². The summed E-state index contributed by atoms with van der Waals surface area (Å²) in [5, 5.41) is 6.81.